The molecule has 0 atom stereocenters. The molecule has 5 aromatic heterocycles. The van der Waals surface area contributed by atoms with Gasteiger partial charge < -0.3 is 0 Å². The fourth-order valence-electron chi connectivity index (χ4n) is 3.75. The second kappa shape index (κ2) is 6.71. The van der Waals surface area contributed by atoms with Crippen molar-refractivity contribution in [2.45, 2.75) is 6.92 Å². The van der Waals surface area contributed by atoms with Gasteiger partial charge >= 0.3 is 0 Å². The SMILES string of the molecule is Cc1cccc(-n2nc3c(=O)n(-c4cn[nH]c4)ccc3c2-c2ccc3ncsc3c2)n1. The fraction of sp³-hybridized carbons (Fsp3) is 0.0455. The van der Waals surface area contributed by atoms with E-state index >= 15 is 0 Å². The molecule has 1 N–H and O–H groups in total. The van der Waals surface area contributed by atoms with Crippen molar-refractivity contribution in [3.8, 4) is 22.8 Å². The molecule has 150 valence electrons. The van der Waals surface area contributed by atoms with E-state index in [-0.39, 0.29) is 5.56 Å². The first-order valence-electron chi connectivity index (χ1n) is 9.60. The number of nitrogens with zero attached hydrogens (tertiary/aromatic N) is 6. The van der Waals surface area contributed by atoms with Crippen molar-refractivity contribution in [2.75, 3.05) is 0 Å². The Balaban J connectivity index is 1.69. The van der Waals surface area contributed by atoms with Gasteiger partial charge in [0.15, 0.2) is 11.3 Å². The van der Waals surface area contributed by atoms with Gasteiger partial charge in [0.05, 0.1) is 33.3 Å². The molecule has 6 rings (SSSR count). The summed E-state index contributed by atoms with van der Waals surface area (Å²) in [6.07, 6.45) is 5.02. The van der Waals surface area contributed by atoms with Crippen molar-refractivity contribution in [3.05, 3.63) is 82.6 Å². The van der Waals surface area contributed by atoms with E-state index in [0.29, 0.717) is 17.0 Å². The Morgan fingerprint density at radius 2 is 2.06 bits per heavy atom. The first kappa shape index (κ1) is 17.7. The molecule has 9 heteroatoms. The molecule has 0 bridgehead atoms. The van der Waals surface area contributed by atoms with Crippen LogP contribution in [-0.4, -0.2) is 34.5 Å². The van der Waals surface area contributed by atoms with E-state index < -0.39 is 0 Å². The second-order valence-electron chi connectivity index (χ2n) is 7.14. The van der Waals surface area contributed by atoms with Gasteiger partial charge in [-0.25, -0.2) is 14.6 Å². The summed E-state index contributed by atoms with van der Waals surface area (Å²) in [6.45, 7) is 1.93. The van der Waals surface area contributed by atoms with E-state index in [4.69, 9.17) is 5.10 Å². The minimum atomic E-state index is -0.217. The summed E-state index contributed by atoms with van der Waals surface area (Å²) in [5, 5.41) is 12.2. The molecule has 0 saturated heterocycles. The monoisotopic (exact) mass is 425 g/mol. The van der Waals surface area contributed by atoms with Crippen LogP contribution in [0.1, 0.15) is 5.69 Å². The molecular weight excluding hydrogens is 410 g/mol. The highest BCUT2D eigenvalue weighted by atomic mass is 32.1. The number of aromatic nitrogens is 7. The first-order valence-corrected chi connectivity index (χ1v) is 10.5. The van der Waals surface area contributed by atoms with Gasteiger partial charge in [0, 0.05) is 29.0 Å². The Morgan fingerprint density at radius 1 is 1.13 bits per heavy atom. The van der Waals surface area contributed by atoms with E-state index in [9.17, 15) is 4.79 Å². The highest BCUT2D eigenvalue weighted by Crippen LogP contribution is 2.32. The topological polar surface area (TPSA) is 94.3 Å². The third-order valence-electron chi connectivity index (χ3n) is 5.19. The van der Waals surface area contributed by atoms with Crippen LogP contribution >= 0.6 is 11.3 Å². The Hall–Kier alpha value is -4.11. The highest BCUT2D eigenvalue weighted by Gasteiger charge is 2.20. The van der Waals surface area contributed by atoms with Crippen molar-refractivity contribution in [1.82, 2.24) is 34.5 Å². The summed E-state index contributed by atoms with van der Waals surface area (Å²) < 4.78 is 4.35. The van der Waals surface area contributed by atoms with Crippen LogP contribution in [0.4, 0.5) is 0 Å². The third-order valence-corrected chi connectivity index (χ3v) is 5.98. The zero-order valence-electron chi connectivity index (χ0n) is 16.4. The fourth-order valence-corrected chi connectivity index (χ4v) is 4.46. The minimum Gasteiger partial charge on any atom is -0.284 e. The molecule has 0 spiro atoms. The van der Waals surface area contributed by atoms with Gasteiger partial charge in [0.2, 0.25) is 0 Å². The summed E-state index contributed by atoms with van der Waals surface area (Å²) in [5.74, 6) is 0.657. The minimum absolute atomic E-state index is 0.217. The Kier molecular flexibility index (Phi) is 3.84. The van der Waals surface area contributed by atoms with Crippen LogP contribution in [0.25, 0.3) is 43.9 Å². The molecule has 0 aliphatic carbocycles. The maximum Gasteiger partial charge on any atom is 0.283 e. The first-order chi connectivity index (χ1) is 15.2. The van der Waals surface area contributed by atoms with Crippen LogP contribution in [0, 0.1) is 6.92 Å². The van der Waals surface area contributed by atoms with Crippen LogP contribution in [0.15, 0.2) is 71.4 Å². The molecular formula is C22H15N7OS. The van der Waals surface area contributed by atoms with Crippen molar-refractivity contribution in [3.63, 3.8) is 0 Å². The van der Waals surface area contributed by atoms with E-state index in [1.165, 1.54) is 4.57 Å². The van der Waals surface area contributed by atoms with Crippen molar-refractivity contribution in [2.24, 2.45) is 0 Å². The zero-order valence-corrected chi connectivity index (χ0v) is 17.2. The maximum absolute atomic E-state index is 13.3. The Morgan fingerprint density at radius 3 is 2.90 bits per heavy atom. The average molecular weight is 425 g/mol. The van der Waals surface area contributed by atoms with E-state index in [2.05, 4.69) is 26.2 Å². The third kappa shape index (κ3) is 2.78. The second-order valence-corrected chi connectivity index (χ2v) is 8.03. The molecule has 0 radical (unpaired) electrons. The molecule has 6 aromatic rings. The molecule has 0 saturated carbocycles. The number of hydrogen-bond donors (Lipinski definition) is 1. The number of fused-ring (bicyclic) bond motifs is 2. The highest BCUT2D eigenvalue weighted by molar-refractivity contribution is 7.16. The number of aromatic amines is 1. The van der Waals surface area contributed by atoms with Crippen LogP contribution in [0.3, 0.4) is 0 Å². The molecule has 5 heterocycles. The summed E-state index contributed by atoms with van der Waals surface area (Å²) in [6, 6.07) is 13.7. The summed E-state index contributed by atoms with van der Waals surface area (Å²) in [4.78, 5) is 22.3. The lowest BCUT2D eigenvalue weighted by molar-refractivity contribution is 0.856. The number of rotatable bonds is 3. The van der Waals surface area contributed by atoms with E-state index in [0.717, 1.165) is 32.6 Å². The molecule has 31 heavy (non-hydrogen) atoms. The quantitative estimate of drug-likeness (QED) is 0.464. The van der Waals surface area contributed by atoms with Gasteiger partial charge in [0.25, 0.3) is 5.56 Å². The summed E-state index contributed by atoms with van der Waals surface area (Å²) in [5.41, 5.74) is 6.22. The number of thiazole rings is 1. The maximum atomic E-state index is 13.3. The number of pyridine rings is 2. The molecule has 0 amide bonds. The predicted octanol–water partition coefficient (Wildman–Crippen LogP) is 3.88. The molecule has 8 nitrogen and oxygen atoms in total. The van der Waals surface area contributed by atoms with Crippen LogP contribution in [0.5, 0.6) is 0 Å². The summed E-state index contributed by atoms with van der Waals surface area (Å²) >= 11 is 1.58. The van der Waals surface area contributed by atoms with Crippen molar-refractivity contribution < 1.29 is 0 Å². The van der Waals surface area contributed by atoms with Gasteiger partial charge in [-0.2, -0.15) is 10.2 Å². The molecule has 1 aromatic carbocycles. The molecule has 0 fully saturated rings. The van der Waals surface area contributed by atoms with Crippen LogP contribution < -0.4 is 5.56 Å². The Bertz CT molecular complexity index is 1630. The number of nitrogens with one attached hydrogen (secondary N) is 1. The van der Waals surface area contributed by atoms with Gasteiger partial charge in [-0.05, 0) is 37.3 Å². The average Bonchev–Trinajstić information content (AvgIpc) is 3.52. The standard InChI is InChI=1S/C22H15N7OS/c1-13-3-2-4-19(26-13)29-21(14-5-6-17-18(9-14)31-12-23-17)16-7-8-28(15-10-24-25-11-15)22(30)20(16)27-29/h2-12H,1H3,(H,24,25). The van der Waals surface area contributed by atoms with Crippen LogP contribution in [0.2, 0.25) is 0 Å². The Labute approximate surface area is 179 Å². The predicted molar refractivity (Wildman–Crippen MR) is 120 cm³/mol. The van der Waals surface area contributed by atoms with E-state index in [1.54, 1.807) is 34.6 Å². The summed E-state index contributed by atoms with van der Waals surface area (Å²) in [7, 11) is 0. The molecule has 0 unspecified atom stereocenters. The lowest BCUT2D eigenvalue weighted by atomic mass is 10.1. The number of aryl methyl sites for hydroxylation is 1. The number of H-pyrrole nitrogens is 1. The van der Waals surface area contributed by atoms with Gasteiger partial charge in [-0.15, -0.1) is 11.3 Å². The van der Waals surface area contributed by atoms with E-state index in [1.807, 2.05) is 48.8 Å². The smallest absolute Gasteiger partial charge is 0.283 e. The molecule has 0 aliphatic heterocycles. The normalized spacial score (nSPS) is 11.5. The largest absolute Gasteiger partial charge is 0.284 e. The number of hydrogen-bond acceptors (Lipinski definition) is 6. The zero-order chi connectivity index (χ0) is 20.9. The van der Waals surface area contributed by atoms with Crippen molar-refractivity contribution in [1.29, 1.82) is 0 Å². The lowest BCUT2D eigenvalue weighted by Crippen LogP contribution is -2.17. The lowest BCUT2D eigenvalue weighted by Gasteiger charge is -2.08. The van der Waals surface area contributed by atoms with Crippen molar-refractivity contribution >= 4 is 32.5 Å². The molecule has 0 aliphatic rings. The van der Waals surface area contributed by atoms with Crippen LogP contribution in [-0.2, 0) is 0 Å². The van der Waals surface area contributed by atoms with Gasteiger partial charge in [-0.3, -0.25) is 14.5 Å². The van der Waals surface area contributed by atoms with Gasteiger partial charge in [0.1, 0.15) is 0 Å². The van der Waals surface area contributed by atoms with Gasteiger partial charge in [-0.1, -0.05) is 12.1 Å². The number of benzene rings is 1.